The van der Waals surface area contributed by atoms with Crippen LogP contribution in [0, 0.1) is 5.92 Å². The van der Waals surface area contributed by atoms with Crippen molar-refractivity contribution in [2.75, 3.05) is 25.4 Å². The average Bonchev–Trinajstić information content (AvgIpc) is 2.43. The van der Waals surface area contributed by atoms with E-state index in [-0.39, 0.29) is 11.9 Å². The Morgan fingerprint density at radius 3 is 3.15 bits per heavy atom. The van der Waals surface area contributed by atoms with Crippen molar-refractivity contribution < 1.29 is 9.53 Å². The van der Waals surface area contributed by atoms with Crippen LogP contribution in [-0.4, -0.2) is 35.5 Å². The van der Waals surface area contributed by atoms with Crippen LogP contribution in [0.15, 0.2) is 12.1 Å². The first-order chi connectivity index (χ1) is 9.60. The lowest BCUT2D eigenvalue weighted by Gasteiger charge is -2.31. The molecule has 110 valence electrons. The van der Waals surface area contributed by atoms with E-state index < -0.39 is 0 Å². The summed E-state index contributed by atoms with van der Waals surface area (Å²) in [6, 6.07) is 3.44. The number of carbonyl (C=O) groups is 1. The van der Waals surface area contributed by atoms with E-state index in [1.807, 2.05) is 6.92 Å². The van der Waals surface area contributed by atoms with Crippen LogP contribution in [0.1, 0.15) is 25.5 Å². The fourth-order valence-electron chi connectivity index (χ4n) is 2.48. The fourth-order valence-corrected chi connectivity index (χ4v) is 2.64. The third-order valence-corrected chi connectivity index (χ3v) is 3.78. The van der Waals surface area contributed by atoms with E-state index in [4.69, 9.17) is 22.1 Å². The van der Waals surface area contributed by atoms with E-state index in [9.17, 15) is 4.79 Å². The summed E-state index contributed by atoms with van der Waals surface area (Å²) >= 11 is 6.13. The lowest BCUT2D eigenvalue weighted by Crippen LogP contribution is -2.39. The van der Waals surface area contributed by atoms with Crippen LogP contribution in [0.25, 0.3) is 0 Å². The van der Waals surface area contributed by atoms with Crippen molar-refractivity contribution in [3.8, 4) is 0 Å². The van der Waals surface area contributed by atoms with Crippen LogP contribution >= 0.6 is 11.6 Å². The molecule has 1 aliphatic heterocycles. The summed E-state index contributed by atoms with van der Waals surface area (Å²) in [4.78, 5) is 18.2. The van der Waals surface area contributed by atoms with E-state index >= 15 is 0 Å². The van der Waals surface area contributed by atoms with E-state index in [1.165, 1.54) is 0 Å². The highest BCUT2D eigenvalue weighted by molar-refractivity contribution is 6.31. The number of likely N-dealkylation sites (tertiary alicyclic amines) is 1. The largest absolute Gasteiger partial charge is 0.466 e. The SMILES string of the molecule is CCOC(=O)C1CCCN(Cc2nc(N)ccc2Cl)C1. The maximum Gasteiger partial charge on any atom is 0.310 e. The number of hydrogen-bond donors (Lipinski definition) is 1. The van der Waals surface area contributed by atoms with E-state index in [1.54, 1.807) is 12.1 Å². The standard InChI is InChI=1S/C14H20ClN3O2/c1-2-20-14(19)10-4-3-7-18(8-10)9-12-11(15)5-6-13(16)17-12/h5-6,10H,2-4,7-9H2,1H3,(H2,16,17). The molecule has 1 aromatic heterocycles. The first-order valence-corrected chi connectivity index (χ1v) is 7.27. The number of carbonyl (C=O) groups excluding carboxylic acids is 1. The average molecular weight is 298 g/mol. The molecule has 0 radical (unpaired) electrons. The molecule has 0 aliphatic carbocycles. The lowest BCUT2D eigenvalue weighted by atomic mass is 9.98. The molecule has 20 heavy (non-hydrogen) atoms. The molecule has 1 saturated heterocycles. The summed E-state index contributed by atoms with van der Waals surface area (Å²) in [6.07, 6.45) is 1.86. The van der Waals surface area contributed by atoms with Gasteiger partial charge in [0, 0.05) is 13.1 Å². The number of piperidine rings is 1. The maximum absolute atomic E-state index is 11.8. The summed E-state index contributed by atoms with van der Waals surface area (Å²) in [5, 5.41) is 0.609. The fraction of sp³-hybridized carbons (Fsp3) is 0.571. The summed E-state index contributed by atoms with van der Waals surface area (Å²) < 4.78 is 5.10. The monoisotopic (exact) mass is 297 g/mol. The Morgan fingerprint density at radius 2 is 2.40 bits per heavy atom. The maximum atomic E-state index is 11.8. The van der Waals surface area contributed by atoms with Crippen molar-refractivity contribution in [2.45, 2.75) is 26.3 Å². The first-order valence-electron chi connectivity index (χ1n) is 6.90. The molecule has 2 heterocycles. The quantitative estimate of drug-likeness (QED) is 0.862. The summed E-state index contributed by atoms with van der Waals surface area (Å²) in [5.74, 6) is 0.302. The number of halogens is 1. The highest BCUT2D eigenvalue weighted by Crippen LogP contribution is 2.22. The van der Waals surface area contributed by atoms with Crippen molar-refractivity contribution >= 4 is 23.4 Å². The number of hydrogen-bond acceptors (Lipinski definition) is 5. The highest BCUT2D eigenvalue weighted by Gasteiger charge is 2.27. The van der Waals surface area contributed by atoms with Crippen LogP contribution in [0.3, 0.4) is 0 Å². The third kappa shape index (κ3) is 3.84. The second-order valence-corrected chi connectivity index (χ2v) is 5.40. The van der Waals surface area contributed by atoms with Crippen LogP contribution in [-0.2, 0) is 16.1 Å². The topological polar surface area (TPSA) is 68.5 Å². The summed E-state index contributed by atoms with van der Waals surface area (Å²) in [7, 11) is 0. The summed E-state index contributed by atoms with van der Waals surface area (Å²) in [5.41, 5.74) is 6.45. The molecule has 2 N–H and O–H groups in total. The Bertz CT molecular complexity index is 481. The Hall–Kier alpha value is -1.33. The first kappa shape index (κ1) is 15.1. The second-order valence-electron chi connectivity index (χ2n) is 4.99. The van der Waals surface area contributed by atoms with Gasteiger partial charge in [-0.05, 0) is 38.4 Å². The third-order valence-electron chi connectivity index (χ3n) is 3.44. The zero-order chi connectivity index (χ0) is 14.5. The number of aromatic nitrogens is 1. The molecule has 5 nitrogen and oxygen atoms in total. The van der Waals surface area contributed by atoms with Crippen molar-refractivity contribution in [1.29, 1.82) is 0 Å². The minimum absolute atomic E-state index is 0.0523. The normalized spacial score (nSPS) is 19.8. The number of esters is 1. The van der Waals surface area contributed by atoms with Gasteiger partial charge in [0.15, 0.2) is 0 Å². The smallest absolute Gasteiger partial charge is 0.310 e. The molecule has 0 saturated carbocycles. The molecule has 0 bridgehead atoms. The zero-order valence-electron chi connectivity index (χ0n) is 11.6. The van der Waals surface area contributed by atoms with Gasteiger partial charge in [-0.2, -0.15) is 0 Å². The number of rotatable bonds is 4. The van der Waals surface area contributed by atoms with Crippen molar-refractivity contribution in [2.24, 2.45) is 5.92 Å². The molecular formula is C14H20ClN3O2. The van der Waals surface area contributed by atoms with Gasteiger partial charge in [-0.3, -0.25) is 9.69 Å². The van der Waals surface area contributed by atoms with Gasteiger partial charge in [0.2, 0.25) is 0 Å². The Balaban J connectivity index is 1.99. The Kier molecular flexibility index (Phi) is 5.20. The molecule has 1 unspecified atom stereocenters. The van der Waals surface area contributed by atoms with Crippen LogP contribution in [0.2, 0.25) is 5.02 Å². The Labute approximate surface area is 124 Å². The number of ether oxygens (including phenoxy) is 1. The number of nitrogen functional groups attached to an aromatic ring is 1. The number of nitrogens with zero attached hydrogens (tertiary/aromatic N) is 2. The molecule has 1 aromatic rings. The summed E-state index contributed by atoms with van der Waals surface area (Å²) in [6.45, 7) is 4.49. The van der Waals surface area contributed by atoms with E-state index in [0.29, 0.717) is 30.5 Å². The van der Waals surface area contributed by atoms with Crippen molar-refractivity contribution in [1.82, 2.24) is 9.88 Å². The molecule has 0 aromatic carbocycles. The number of anilines is 1. The van der Waals surface area contributed by atoms with Gasteiger partial charge in [-0.25, -0.2) is 4.98 Å². The number of pyridine rings is 1. The molecular weight excluding hydrogens is 278 g/mol. The molecule has 6 heteroatoms. The van der Waals surface area contributed by atoms with Gasteiger partial charge in [0.1, 0.15) is 5.82 Å². The van der Waals surface area contributed by atoms with Gasteiger partial charge in [0.25, 0.3) is 0 Å². The van der Waals surface area contributed by atoms with Gasteiger partial charge in [-0.1, -0.05) is 11.6 Å². The van der Waals surface area contributed by atoms with E-state index in [0.717, 1.165) is 25.1 Å². The Morgan fingerprint density at radius 1 is 1.60 bits per heavy atom. The van der Waals surface area contributed by atoms with Gasteiger partial charge in [0.05, 0.1) is 23.2 Å². The van der Waals surface area contributed by atoms with Gasteiger partial charge in [-0.15, -0.1) is 0 Å². The van der Waals surface area contributed by atoms with Crippen molar-refractivity contribution in [3.05, 3.63) is 22.8 Å². The van der Waals surface area contributed by atoms with Crippen LogP contribution in [0.5, 0.6) is 0 Å². The van der Waals surface area contributed by atoms with Crippen molar-refractivity contribution in [3.63, 3.8) is 0 Å². The number of nitrogens with two attached hydrogens (primary N) is 1. The lowest BCUT2D eigenvalue weighted by molar-refractivity contribution is -0.150. The van der Waals surface area contributed by atoms with Gasteiger partial charge < -0.3 is 10.5 Å². The second kappa shape index (κ2) is 6.90. The van der Waals surface area contributed by atoms with Crippen LogP contribution < -0.4 is 5.73 Å². The molecule has 2 rings (SSSR count). The minimum atomic E-state index is -0.108. The zero-order valence-corrected chi connectivity index (χ0v) is 12.4. The van der Waals surface area contributed by atoms with Crippen LogP contribution in [0.4, 0.5) is 5.82 Å². The molecule has 1 fully saturated rings. The van der Waals surface area contributed by atoms with E-state index in [2.05, 4.69) is 9.88 Å². The van der Waals surface area contributed by atoms with Gasteiger partial charge >= 0.3 is 5.97 Å². The predicted molar refractivity (Wildman–Crippen MR) is 78.3 cm³/mol. The molecule has 1 atom stereocenters. The molecule has 1 aliphatic rings. The highest BCUT2D eigenvalue weighted by atomic mass is 35.5. The molecule has 0 spiro atoms. The predicted octanol–water partition coefficient (Wildman–Crippen LogP) is 2.09. The minimum Gasteiger partial charge on any atom is -0.466 e. The molecule has 0 amide bonds.